The fraction of sp³-hybridized carbons (Fsp3) is 0.846. The lowest BCUT2D eigenvalue weighted by molar-refractivity contribution is 0.229. The molecule has 16 heavy (non-hydrogen) atoms. The molecule has 0 spiro atoms. The van der Waals surface area contributed by atoms with Gasteiger partial charge < -0.3 is 5.43 Å². The smallest absolute Gasteiger partial charge is 0.0483 e. The van der Waals surface area contributed by atoms with Gasteiger partial charge in [0.1, 0.15) is 0 Å². The Kier molecular flexibility index (Phi) is 6.31. The number of rotatable bonds is 8. The predicted molar refractivity (Wildman–Crippen MR) is 69.3 cm³/mol. The topological polar surface area (TPSA) is 27.3 Å². The number of hydrogen-bond acceptors (Lipinski definition) is 3. The van der Waals surface area contributed by atoms with Crippen molar-refractivity contribution in [2.75, 3.05) is 6.54 Å². The quantitative estimate of drug-likeness (QED) is 0.621. The molecule has 3 nitrogen and oxygen atoms in total. The SMILES string of the molecule is CCCCCCC1=CNNN1CCC(C)C. The van der Waals surface area contributed by atoms with E-state index in [1.807, 2.05) is 0 Å². The molecule has 1 rings (SSSR count). The Hall–Kier alpha value is -0.700. The second-order valence-electron chi connectivity index (χ2n) is 5.04. The summed E-state index contributed by atoms with van der Waals surface area (Å²) in [6.07, 6.45) is 9.87. The lowest BCUT2D eigenvalue weighted by atomic mass is 10.1. The molecular weight excluding hydrogens is 198 g/mol. The molecule has 0 saturated carbocycles. The zero-order chi connectivity index (χ0) is 11.8. The summed E-state index contributed by atoms with van der Waals surface area (Å²) in [5, 5.41) is 2.26. The third-order valence-electron chi connectivity index (χ3n) is 3.00. The first-order chi connectivity index (χ1) is 7.74. The summed E-state index contributed by atoms with van der Waals surface area (Å²) in [6, 6.07) is 0. The average Bonchev–Trinajstić information content (AvgIpc) is 2.69. The van der Waals surface area contributed by atoms with Crippen molar-refractivity contribution in [3.63, 3.8) is 0 Å². The molecule has 0 unspecified atom stereocenters. The molecule has 1 aliphatic heterocycles. The number of hydrazine groups is 2. The minimum Gasteiger partial charge on any atom is -0.309 e. The van der Waals surface area contributed by atoms with Crippen LogP contribution in [0.1, 0.15) is 59.3 Å². The molecule has 0 aromatic rings. The Morgan fingerprint density at radius 2 is 2.06 bits per heavy atom. The first-order valence-corrected chi connectivity index (χ1v) is 6.71. The van der Waals surface area contributed by atoms with E-state index in [2.05, 4.69) is 42.9 Å². The molecule has 0 atom stereocenters. The van der Waals surface area contributed by atoms with Crippen LogP contribution in [0.3, 0.4) is 0 Å². The van der Waals surface area contributed by atoms with Crippen LogP contribution in [-0.4, -0.2) is 11.6 Å². The van der Waals surface area contributed by atoms with Crippen molar-refractivity contribution in [2.45, 2.75) is 59.3 Å². The number of allylic oxidation sites excluding steroid dienone is 1. The van der Waals surface area contributed by atoms with Gasteiger partial charge in [-0.3, -0.25) is 5.01 Å². The van der Waals surface area contributed by atoms with Crippen molar-refractivity contribution in [2.24, 2.45) is 5.92 Å². The largest absolute Gasteiger partial charge is 0.309 e. The Morgan fingerprint density at radius 1 is 1.25 bits per heavy atom. The molecule has 0 aliphatic carbocycles. The summed E-state index contributed by atoms with van der Waals surface area (Å²) >= 11 is 0. The third kappa shape index (κ3) is 4.88. The molecule has 3 heteroatoms. The van der Waals surface area contributed by atoms with Crippen LogP contribution in [0.2, 0.25) is 0 Å². The summed E-state index contributed by atoms with van der Waals surface area (Å²) in [7, 11) is 0. The summed E-state index contributed by atoms with van der Waals surface area (Å²) in [6.45, 7) is 7.90. The maximum Gasteiger partial charge on any atom is 0.0483 e. The summed E-state index contributed by atoms with van der Waals surface area (Å²) in [4.78, 5) is 0. The third-order valence-corrected chi connectivity index (χ3v) is 3.00. The molecule has 94 valence electrons. The fourth-order valence-electron chi connectivity index (χ4n) is 1.87. The van der Waals surface area contributed by atoms with Gasteiger partial charge in [0.15, 0.2) is 0 Å². The highest BCUT2D eigenvalue weighted by molar-refractivity contribution is 5.02. The van der Waals surface area contributed by atoms with E-state index in [-0.39, 0.29) is 0 Å². The van der Waals surface area contributed by atoms with Gasteiger partial charge in [0.2, 0.25) is 0 Å². The second kappa shape index (κ2) is 7.55. The Morgan fingerprint density at radius 3 is 2.75 bits per heavy atom. The van der Waals surface area contributed by atoms with Crippen molar-refractivity contribution < 1.29 is 0 Å². The van der Waals surface area contributed by atoms with Crippen LogP contribution in [0, 0.1) is 5.92 Å². The van der Waals surface area contributed by atoms with Gasteiger partial charge in [-0.1, -0.05) is 40.0 Å². The van der Waals surface area contributed by atoms with E-state index in [9.17, 15) is 0 Å². The predicted octanol–water partition coefficient (Wildman–Crippen LogP) is 3.17. The van der Waals surface area contributed by atoms with E-state index >= 15 is 0 Å². The van der Waals surface area contributed by atoms with E-state index in [4.69, 9.17) is 0 Å². The zero-order valence-electron chi connectivity index (χ0n) is 11.1. The lowest BCUT2D eigenvalue weighted by Gasteiger charge is -2.22. The van der Waals surface area contributed by atoms with Crippen LogP contribution in [0.25, 0.3) is 0 Å². The van der Waals surface area contributed by atoms with Crippen molar-refractivity contribution >= 4 is 0 Å². The van der Waals surface area contributed by atoms with Crippen molar-refractivity contribution in [3.8, 4) is 0 Å². The van der Waals surface area contributed by atoms with Crippen molar-refractivity contribution in [1.82, 2.24) is 16.0 Å². The molecule has 0 radical (unpaired) electrons. The molecule has 1 aliphatic rings. The monoisotopic (exact) mass is 225 g/mol. The lowest BCUT2D eigenvalue weighted by Crippen LogP contribution is -2.38. The number of nitrogens with zero attached hydrogens (tertiary/aromatic N) is 1. The van der Waals surface area contributed by atoms with E-state index in [1.165, 1.54) is 44.2 Å². The van der Waals surface area contributed by atoms with Gasteiger partial charge in [-0.15, -0.1) is 5.53 Å². The minimum atomic E-state index is 0.767. The summed E-state index contributed by atoms with van der Waals surface area (Å²) in [5.74, 6) is 0.767. The van der Waals surface area contributed by atoms with Gasteiger partial charge in [-0.2, -0.15) is 0 Å². The molecule has 0 bridgehead atoms. The van der Waals surface area contributed by atoms with Crippen LogP contribution in [0.15, 0.2) is 11.9 Å². The molecule has 0 aromatic carbocycles. The van der Waals surface area contributed by atoms with Crippen LogP contribution in [0.5, 0.6) is 0 Å². The Bertz CT molecular complexity index is 211. The average molecular weight is 225 g/mol. The molecular formula is C13H27N3. The van der Waals surface area contributed by atoms with E-state index in [0.29, 0.717) is 0 Å². The van der Waals surface area contributed by atoms with E-state index < -0.39 is 0 Å². The first-order valence-electron chi connectivity index (χ1n) is 6.71. The molecule has 0 fully saturated rings. The standard InChI is InChI=1S/C13H27N3/c1-4-5-6-7-8-13-11-14-15-16(13)10-9-12(2)3/h11-12,14-15H,4-10H2,1-3H3. The van der Waals surface area contributed by atoms with Crippen LogP contribution in [-0.2, 0) is 0 Å². The number of hydrogen-bond donors (Lipinski definition) is 2. The van der Waals surface area contributed by atoms with E-state index in [0.717, 1.165) is 12.5 Å². The fourth-order valence-corrected chi connectivity index (χ4v) is 1.87. The van der Waals surface area contributed by atoms with Crippen LogP contribution >= 0.6 is 0 Å². The van der Waals surface area contributed by atoms with Gasteiger partial charge in [-0.25, -0.2) is 0 Å². The normalized spacial score (nSPS) is 15.5. The zero-order valence-corrected chi connectivity index (χ0v) is 11.1. The van der Waals surface area contributed by atoms with Crippen molar-refractivity contribution in [3.05, 3.63) is 11.9 Å². The molecule has 0 amide bonds. The number of unbranched alkanes of at least 4 members (excludes halogenated alkanes) is 3. The highest BCUT2D eigenvalue weighted by Crippen LogP contribution is 2.16. The minimum absolute atomic E-state index is 0.767. The van der Waals surface area contributed by atoms with Crippen LogP contribution < -0.4 is 11.0 Å². The molecule has 0 aromatic heterocycles. The molecule has 1 heterocycles. The summed E-state index contributed by atoms with van der Waals surface area (Å²) < 4.78 is 0. The van der Waals surface area contributed by atoms with Crippen LogP contribution in [0.4, 0.5) is 0 Å². The van der Waals surface area contributed by atoms with Gasteiger partial charge in [-0.05, 0) is 25.2 Å². The van der Waals surface area contributed by atoms with E-state index in [1.54, 1.807) is 0 Å². The molecule has 0 saturated heterocycles. The van der Waals surface area contributed by atoms with Gasteiger partial charge >= 0.3 is 0 Å². The highest BCUT2D eigenvalue weighted by atomic mass is 15.7. The first kappa shape index (κ1) is 13.4. The summed E-state index contributed by atoms with van der Waals surface area (Å²) in [5.41, 5.74) is 7.71. The number of nitrogens with one attached hydrogen (secondary N) is 2. The van der Waals surface area contributed by atoms with Gasteiger partial charge in [0.05, 0.1) is 0 Å². The Labute approximate surface area is 100 Å². The van der Waals surface area contributed by atoms with Crippen molar-refractivity contribution in [1.29, 1.82) is 0 Å². The maximum atomic E-state index is 3.19. The van der Waals surface area contributed by atoms with Gasteiger partial charge in [0, 0.05) is 18.4 Å². The molecule has 2 N–H and O–H groups in total. The maximum absolute atomic E-state index is 3.19. The Balaban J connectivity index is 2.18. The van der Waals surface area contributed by atoms with Gasteiger partial charge in [0.25, 0.3) is 0 Å². The second-order valence-corrected chi connectivity index (χ2v) is 5.04. The highest BCUT2D eigenvalue weighted by Gasteiger charge is 2.13.